The van der Waals surface area contributed by atoms with Crippen LogP contribution in [0.1, 0.15) is 37.3 Å². The van der Waals surface area contributed by atoms with Crippen LogP contribution >= 0.6 is 0 Å². The van der Waals surface area contributed by atoms with Gasteiger partial charge >= 0.3 is 0 Å². The number of amides is 1. The largest absolute Gasteiger partial charge is 0.391 e. The Hall–Kier alpha value is -1.53. The van der Waals surface area contributed by atoms with E-state index in [1.807, 2.05) is 0 Å². The number of carbonyl (C=O) groups is 1. The molecule has 0 aliphatic carbocycles. The van der Waals surface area contributed by atoms with Crippen molar-refractivity contribution in [2.45, 2.75) is 37.8 Å². The molecule has 23 heavy (non-hydrogen) atoms. The number of aliphatic hydroxyl groups excluding tert-OH is 1. The summed E-state index contributed by atoms with van der Waals surface area (Å²) in [6, 6.07) is 3.27. The van der Waals surface area contributed by atoms with Crippen LogP contribution < -0.4 is 0 Å². The van der Waals surface area contributed by atoms with Gasteiger partial charge in [-0.1, -0.05) is 6.07 Å². The zero-order chi connectivity index (χ0) is 16.4. The van der Waals surface area contributed by atoms with E-state index < -0.39 is 23.8 Å². The molecule has 2 unspecified atom stereocenters. The van der Waals surface area contributed by atoms with E-state index in [-0.39, 0.29) is 12.5 Å². The number of likely N-dealkylation sites (tertiary alicyclic amines) is 1. The first-order valence-corrected chi connectivity index (χ1v) is 8.05. The van der Waals surface area contributed by atoms with Crippen LogP contribution in [0.5, 0.6) is 0 Å². The van der Waals surface area contributed by atoms with Crippen LogP contribution in [0.15, 0.2) is 18.2 Å². The van der Waals surface area contributed by atoms with E-state index in [2.05, 4.69) is 0 Å². The van der Waals surface area contributed by atoms with Crippen LogP contribution in [0.2, 0.25) is 0 Å². The third kappa shape index (κ3) is 3.70. The second-order valence-corrected chi connectivity index (χ2v) is 6.38. The first-order valence-electron chi connectivity index (χ1n) is 8.05. The lowest BCUT2D eigenvalue weighted by Crippen LogP contribution is -2.34. The normalized spacial score (nSPS) is 25.8. The van der Waals surface area contributed by atoms with Crippen molar-refractivity contribution in [2.24, 2.45) is 5.92 Å². The van der Waals surface area contributed by atoms with Crippen molar-refractivity contribution in [3.05, 3.63) is 35.4 Å². The number of aliphatic hydroxyl groups is 1. The lowest BCUT2D eigenvalue weighted by Gasteiger charge is -2.28. The van der Waals surface area contributed by atoms with Gasteiger partial charge < -0.3 is 14.7 Å². The number of nitrogens with zero attached hydrogens (tertiary/aromatic N) is 1. The quantitative estimate of drug-likeness (QED) is 0.928. The Kier molecular flexibility index (Phi) is 4.92. The van der Waals surface area contributed by atoms with Gasteiger partial charge in [-0.2, -0.15) is 0 Å². The van der Waals surface area contributed by atoms with Gasteiger partial charge in [0.25, 0.3) is 0 Å². The molecule has 0 saturated carbocycles. The highest BCUT2D eigenvalue weighted by atomic mass is 19.2. The topological polar surface area (TPSA) is 49.8 Å². The van der Waals surface area contributed by atoms with Crippen LogP contribution in [-0.2, 0) is 9.53 Å². The van der Waals surface area contributed by atoms with Gasteiger partial charge in [0.1, 0.15) is 0 Å². The van der Waals surface area contributed by atoms with Crippen molar-refractivity contribution in [3.8, 4) is 0 Å². The predicted molar refractivity (Wildman–Crippen MR) is 79.6 cm³/mol. The molecule has 2 atom stereocenters. The summed E-state index contributed by atoms with van der Waals surface area (Å²) in [5.74, 6) is -1.59. The molecule has 1 aromatic rings. The zero-order valence-electron chi connectivity index (χ0n) is 12.9. The molecule has 3 rings (SSSR count). The fraction of sp³-hybridized carbons (Fsp3) is 0.588. The van der Waals surface area contributed by atoms with Crippen LogP contribution in [0.4, 0.5) is 8.78 Å². The molecule has 0 bridgehead atoms. The first-order chi connectivity index (χ1) is 11.0. The van der Waals surface area contributed by atoms with E-state index in [4.69, 9.17) is 4.74 Å². The summed E-state index contributed by atoms with van der Waals surface area (Å²) in [4.78, 5) is 14.2. The lowest BCUT2D eigenvalue weighted by atomic mass is 9.95. The van der Waals surface area contributed by atoms with Gasteiger partial charge in [0.05, 0.1) is 12.1 Å². The van der Waals surface area contributed by atoms with Gasteiger partial charge in [-0.3, -0.25) is 4.79 Å². The van der Waals surface area contributed by atoms with Crippen LogP contribution in [0.25, 0.3) is 0 Å². The van der Waals surface area contributed by atoms with Gasteiger partial charge in [0.15, 0.2) is 11.6 Å². The molecular formula is C17H21F2NO3. The summed E-state index contributed by atoms with van der Waals surface area (Å²) in [5, 5.41) is 9.93. The molecule has 2 heterocycles. The molecule has 2 saturated heterocycles. The number of β-amino-alcohol motifs (C(OH)–C–C–N with tert-alkyl or cyclic N) is 1. The minimum atomic E-state index is -0.930. The van der Waals surface area contributed by atoms with Crippen molar-refractivity contribution < 1.29 is 23.4 Å². The van der Waals surface area contributed by atoms with Gasteiger partial charge in [-0.15, -0.1) is 0 Å². The minimum Gasteiger partial charge on any atom is -0.391 e. The molecule has 0 aromatic heterocycles. The zero-order valence-corrected chi connectivity index (χ0v) is 12.9. The monoisotopic (exact) mass is 325 g/mol. The number of ether oxygens (including phenoxy) is 1. The smallest absolute Gasteiger partial charge is 0.223 e. The van der Waals surface area contributed by atoms with E-state index in [1.54, 1.807) is 4.90 Å². The Morgan fingerprint density at radius 3 is 2.70 bits per heavy atom. The number of halogens is 2. The molecule has 1 amide bonds. The number of hydrogen-bond donors (Lipinski definition) is 1. The van der Waals surface area contributed by atoms with Crippen LogP contribution in [-0.4, -0.2) is 41.8 Å². The van der Waals surface area contributed by atoms with E-state index in [0.717, 1.165) is 25.0 Å². The predicted octanol–water partition coefficient (Wildman–Crippen LogP) is 2.42. The summed E-state index contributed by atoms with van der Waals surface area (Å²) < 4.78 is 31.9. The molecule has 1 N–H and O–H groups in total. The Balaban J connectivity index is 1.73. The standard InChI is InChI=1S/C17H21F2NO3/c18-14-2-1-12(8-15(14)19)16-9-13(21)10-20(16)17(22)7-11-3-5-23-6-4-11/h1-2,8,11,13,16,21H,3-7,9-10H2. The van der Waals surface area contributed by atoms with Crippen molar-refractivity contribution in [2.75, 3.05) is 19.8 Å². The van der Waals surface area contributed by atoms with Crippen molar-refractivity contribution in [3.63, 3.8) is 0 Å². The molecule has 0 spiro atoms. The van der Waals surface area contributed by atoms with Gasteiger partial charge in [0.2, 0.25) is 5.91 Å². The second-order valence-electron chi connectivity index (χ2n) is 6.38. The highest BCUT2D eigenvalue weighted by Gasteiger charge is 2.36. The Morgan fingerprint density at radius 2 is 2.00 bits per heavy atom. The van der Waals surface area contributed by atoms with E-state index in [9.17, 15) is 18.7 Å². The Morgan fingerprint density at radius 1 is 1.26 bits per heavy atom. The van der Waals surface area contributed by atoms with Crippen molar-refractivity contribution in [1.82, 2.24) is 4.90 Å². The lowest BCUT2D eigenvalue weighted by molar-refractivity contribution is -0.134. The maximum Gasteiger partial charge on any atom is 0.223 e. The first kappa shape index (κ1) is 16.3. The highest BCUT2D eigenvalue weighted by Crippen LogP contribution is 2.34. The van der Waals surface area contributed by atoms with Crippen LogP contribution in [0.3, 0.4) is 0 Å². The molecule has 1 aromatic carbocycles. The van der Waals surface area contributed by atoms with E-state index in [0.29, 0.717) is 37.5 Å². The van der Waals surface area contributed by atoms with Gasteiger partial charge in [-0.05, 0) is 42.9 Å². The Bertz CT molecular complexity index is 575. The summed E-state index contributed by atoms with van der Waals surface area (Å²) in [6.45, 7) is 1.59. The number of carbonyl (C=O) groups excluding carboxylic acids is 1. The third-order valence-electron chi connectivity index (χ3n) is 4.73. The summed E-state index contributed by atoms with van der Waals surface area (Å²) >= 11 is 0. The molecule has 2 aliphatic heterocycles. The average Bonchev–Trinajstić information content (AvgIpc) is 2.93. The third-order valence-corrected chi connectivity index (χ3v) is 4.73. The summed E-state index contributed by atoms with van der Waals surface area (Å²) in [6.07, 6.45) is 1.85. The van der Waals surface area contributed by atoms with Crippen molar-refractivity contribution >= 4 is 5.91 Å². The van der Waals surface area contributed by atoms with Gasteiger partial charge in [-0.25, -0.2) is 8.78 Å². The fourth-order valence-electron chi connectivity index (χ4n) is 3.44. The highest BCUT2D eigenvalue weighted by molar-refractivity contribution is 5.77. The number of benzene rings is 1. The number of hydrogen-bond acceptors (Lipinski definition) is 3. The van der Waals surface area contributed by atoms with E-state index >= 15 is 0 Å². The SMILES string of the molecule is O=C(CC1CCOCC1)N1CC(O)CC1c1ccc(F)c(F)c1. The summed E-state index contributed by atoms with van der Waals surface area (Å²) in [5.41, 5.74) is 0.528. The van der Waals surface area contributed by atoms with Gasteiger partial charge in [0, 0.05) is 26.2 Å². The molecule has 4 nitrogen and oxygen atoms in total. The maximum atomic E-state index is 13.5. The minimum absolute atomic E-state index is 0.0387. The molecule has 2 fully saturated rings. The molecule has 126 valence electrons. The molecule has 0 radical (unpaired) electrons. The Labute approximate surface area is 134 Å². The fourth-order valence-corrected chi connectivity index (χ4v) is 3.44. The molecule has 6 heteroatoms. The molecular weight excluding hydrogens is 304 g/mol. The summed E-state index contributed by atoms with van der Waals surface area (Å²) in [7, 11) is 0. The van der Waals surface area contributed by atoms with E-state index in [1.165, 1.54) is 6.07 Å². The number of rotatable bonds is 3. The maximum absolute atomic E-state index is 13.5. The van der Waals surface area contributed by atoms with Crippen molar-refractivity contribution in [1.29, 1.82) is 0 Å². The second kappa shape index (κ2) is 6.93. The molecule has 2 aliphatic rings. The van der Waals surface area contributed by atoms with Crippen LogP contribution in [0, 0.1) is 17.6 Å². The average molecular weight is 325 g/mol.